The number of hydrogen-bond acceptors (Lipinski definition) is 7. The normalized spacial score (nSPS) is 27.1. The molecule has 3 heterocycles. The molecule has 2 aromatic rings. The number of anilines is 1. The van der Waals surface area contributed by atoms with E-state index in [0.29, 0.717) is 31.6 Å². The number of aromatic nitrogens is 3. The number of rotatable bonds is 7. The molecular formula is C22H32N6O2S. The molecule has 4 rings (SSSR count). The first-order valence-corrected chi connectivity index (χ1v) is 12.7. The third-order valence-corrected chi connectivity index (χ3v) is 10.6. The lowest BCUT2D eigenvalue weighted by Gasteiger charge is -2.46. The van der Waals surface area contributed by atoms with E-state index in [-0.39, 0.29) is 11.8 Å². The minimum Gasteiger partial charge on any atom is -0.378 e. The zero-order valence-electron chi connectivity index (χ0n) is 18.6. The first-order chi connectivity index (χ1) is 14.9. The molecule has 0 amide bonds. The highest BCUT2D eigenvalue weighted by Gasteiger charge is 2.51. The molecule has 168 valence electrons. The van der Waals surface area contributed by atoms with Crippen LogP contribution in [0, 0.1) is 16.7 Å². The largest absolute Gasteiger partial charge is 0.378 e. The van der Waals surface area contributed by atoms with Crippen molar-refractivity contribution >= 4 is 26.6 Å². The molecule has 0 radical (unpaired) electrons. The molecule has 0 bridgehead atoms. The van der Waals surface area contributed by atoms with Gasteiger partial charge in [0.15, 0.2) is 0 Å². The van der Waals surface area contributed by atoms with Crippen LogP contribution in [0.3, 0.4) is 0 Å². The van der Waals surface area contributed by atoms with E-state index in [4.69, 9.17) is 4.74 Å². The lowest BCUT2D eigenvalue weighted by atomic mass is 9.75. The Bertz CT molecular complexity index is 1080. The van der Waals surface area contributed by atoms with E-state index in [1.165, 1.54) is 0 Å². The Morgan fingerprint density at radius 2 is 2.13 bits per heavy atom. The smallest absolute Gasteiger partial charge is 0.142 e. The molecule has 2 fully saturated rings. The van der Waals surface area contributed by atoms with Crippen molar-refractivity contribution in [3.05, 3.63) is 18.6 Å². The van der Waals surface area contributed by atoms with Gasteiger partial charge in [0, 0.05) is 31.6 Å². The van der Waals surface area contributed by atoms with Gasteiger partial charge in [0.1, 0.15) is 22.5 Å². The molecule has 1 atom stereocenters. The van der Waals surface area contributed by atoms with E-state index in [2.05, 4.69) is 44.3 Å². The average Bonchev–Trinajstić information content (AvgIpc) is 3.19. The summed E-state index contributed by atoms with van der Waals surface area (Å²) in [7, 11) is -0.432. The van der Waals surface area contributed by atoms with Gasteiger partial charge in [-0.25, -0.2) is 18.5 Å². The molecule has 1 N–H and O–H groups in total. The molecule has 1 aliphatic carbocycles. The lowest BCUT2D eigenvalue weighted by Crippen LogP contribution is -2.58. The van der Waals surface area contributed by atoms with Crippen LogP contribution in [0.25, 0.3) is 11.0 Å². The molecule has 0 spiro atoms. The topological polar surface area (TPSA) is 107 Å². The molecule has 8 nitrogen and oxygen atoms in total. The molecule has 1 saturated heterocycles. The van der Waals surface area contributed by atoms with Gasteiger partial charge in [-0.3, -0.25) is 0 Å². The Morgan fingerprint density at radius 3 is 2.74 bits per heavy atom. The van der Waals surface area contributed by atoms with Crippen molar-refractivity contribution in [1.29, 1.82) is 5.26 Å². The van der Waals surface area contributed by atoms with Crippen LogP contribution in [-0.4, -0.2) is 62.5 Å². The van der Waals surface area contributed by atoms with E-state index >= 15 is 0 Å². The molecule has 1 aliphatic heterocycles. The summed E-state index contributed by atoms with van der Waals surface area (Å²) in [4.78, 5) is 14.2. The number of fused-ring (bicyclic) bond motifs is 1. The maximum Gasteiger partial charge on any atom is 0.142 e. The monoisotopic (exact) mass is 444 g/mol. The fraction of sp³-hybridized carbons (Fsp3) is 0.682. The van der Waals surface area contributed by atoms with Crippen LogP contribution in [0.4, 0.5) is 5.82 Å². The SMILES string of the molecule is CCN=S(=O)(CC1(C)CCC(N(C)c2ncnc3[nH]ccc23)CC1)C1(CC#N)COC1. The summed E-state index contributed by atoms with van der Waals surface area (Å²) in [5, 5.41) is 10.4. The Morgan fingerprint density at radius 1 is 1.39 bits per heavy atom. The Balaban J connectivity index is 1.49. The third kappa shape index (κ3) is 3.92. The maximum absolute atomic E-state index is 14.1. The van der Waals surface area contributed by atoms with E-state index in [9.17, 15) is 9.47 Å². The van der Waals surface area contributed by atoms with Gasteiger partial charge in [0.2, 0.25) is 0 Å². The highest BCUT2D eigenvalue weighted by Crippen LogP contribution is 2.44. The van der Waals surface area contributed by atoms with Crippen LogP contribution >= 0.6 is 0 Å². The van der Waals surface area contributed by atoms with E-state index in [1.807, 2.05) is 19.2 Å². The zero-order valence-corrected chi connectivity index (χ0v) is 19.5. The average molecular weight is 445 g/mol. The highest BCUT2D eigenvalue weighted by atomic mass is 32.2. The number of H-pyrrole nitrogens is 1. The van der Waals surface area contributed by atoms with Gasteiger partial charge < -0.3 is 14.6 Å². The minimum atomic E-state index is -2.53. The van der Waals surface area contributed by atoms with Crippen LogP contribution in [0.1, 0.15) is 46.0 Å². The Kier molecular flexibility index (Phi) is 5.97. The molecule has 0 aromatic carbocycles. The van der Waals surface area contributed by atoms with Crippen molar-refractivity contribution in [2.45, 2.75) is 56.7 Å². The van der Waals surface area contributed by atoms with Gasteiger partial charge in [-0.05, 0) is 44.1 Å². The molecule has 1 unspecified atom stereocenters. The first-order valence-electron chi connectivity index (χ1n) is 11.0. The van der Waals surface area contributed by atoms with Crippen molar-refractivity contribution < 1.29 is 8.95 Å². The number of nitriles is 1. The molecule has 2 aromatic heterocycles. The Hall–Kier alpha value is -2.18. The predicted octanol–water partition coefficient (Wildman–Crippen LogP) is 3.51. The van der Waals surface area contributed by atoms with Crippen LogP contribution in [0.2, 0.25) is 0 Å². The van der Waals surface area contributed by atoms with Crippen molar-refractivity contribution in [2.75, 3.05) is 37.5 Å². The first kappa shape index (κ1) is 22.0. The second-order valence-electron chi connectivity index (χ2n) is 9.33. The summed E-state index contributed by atoms with van der Waals surface area (Å²) in [6, 6.07) is 4.63. The fourth-order valence-electron chi connectivity index (χ4n) is 5.03. The maximum atomic E-state index is 14.1. The highest BCUT2D eigenvalue weighted by molar-refractivity contribution is 7.95. The third-order valence-electron chi connectivity index (χ3n) is 7.07. The predicted molar refractivity (Wildman–Crippen MR) is 122 cm³/mol. The fourth-order valence-corrected chi connectivity index (χ4v) is 8.18. The summed E-state index contributed by atoms with van der Waals surface area (Å²) in [5.74, 6) is 1.49. The van der Waals surface area contributed by atoms with Crippen LogP contribution < -0.4 is 4.90 Å². The summed E-state index contributed by atoms with van der Waals surface area (Å²) < 4.78 is 23.5. The van der Waals surface area contributed by atoms with Crippen LogP contribution in [0.15, 0.2) is 23.0 Å². The van der Waals surface area contributed by atoms with Crippen molar-refractivity contribution in [3.63, 3.8) is 0 Å². The molecular weight excluding hydrogens is 412 g/mol. The molecule has 31 heavy (non-hydrogen) atoms. The van der Waals surface area contributed by atoms with Gasteiger partial charge in [-0.1, -0.05) is 6.92 Å². The second kappa shape index (κ2) is 8.40. The van der Waals surface area contributed by atoms with Crippen molar-refractivity contribution in [1.82, 2.24) is 15.0 Å². The van der Waals surface area contributed by atoms with E-state index < -0.39 is 14.5 Å². The summed E-state index contributed by atoms with van der Waals surface area (Å²) in [6.45, 7) is 5.43. The van der Waals surface area contributed by atoms with E-state index in [1.54, 1.807) is 6.33 Å². The van der Waals surface area contributed by atoms with Gasteiger partial charge in [-0.15, -0.1) is 0 Å². The van der Waals surface area contributed by atoms with Gasteiger partial charge >= 0.3 is 0 Å². The van der Waals surface area contributed by atoms with Crippen molar-refractivity contribution in [2.24, 2.45) is 9.78 Å². The summed E-state index contributed by atoms with van der Waals surface area (Å²) in [5.41, 5.74) is 0.796. The quantitative estimate of drug-likeness (QED) is 0.700. The number of nitrogens with zero attached hydrogens (tertiary/aromatic N) is 5. The summed E-state index contributed by atoms with van der Waals surface area (Å²) in [6.07, 6.45) is 7.71. The molecule has 9 heteroatoms. The number of nitrogens with one attached hydrogen (secondary N) is 1. The zero-order chi connectivity index (χ0) is 22.1. The molecule has 1 saturated carbocycles. The molecule has 2 aliphatic rings. The number of aromatic amines is 1. The second-order valence-corrected chi connectivity index (χ2v) is 12.0. The van der Waals surface area contributed by atoms with Gasteiger partial charge in [-0.2, -0.15) is 5.26 Å². The number of ether oxygens (including phenoxy) is 1. The van der Waals surface area contributed by atoms with Crippen LogP contribution in [0.5, 0.6) is 0 Å². The van der Waals surface area contributed by atoms with E-state index in [0.717, 1.165) is 42.5 Å². The van der Waals surface area contributed by atoms with Crippen molar-refractivity contribution in [3.8, 4) is 6.07 Å². The van der Waals surface area contributed by atoms with Crippen LogP contribution in [-0.2, 0) is 14.5 Å². The van der Waals surface area contributed by atoms with Gasteiger partial charge in [0.05, 0.1) is 40.8 Å². The summed E-state index contributed by atoms with van der Waals surface area (Å²) >= 11 is 0. The lowest BCUT2D eigenvalue weighted by molar-refractivity contribution is -0.0103. The standard InChI is InChI=1S/C22H32N6O2S/c1-4-27-31(29,22(10-11-23)13-30-14-22)15-21(2)8-5-17(6-9-21)28(3)20-18-7-12-24-19(18)25-16-26-20/h7,12,16-17H,4-6,8-10,13-15H2,1-3H3,(H,24,25,26). The minimum absolute atomic E-state index is 0.0553. The number of hydrogen-bond donors (Lipinski definition) is 1. The Labute approximate surface area is 184 Å². The van der Waals surface area contributed by atoms with Gasteiger partial charge in [0.25, 0.3) is 0 Å².